The van der Waals surface area contributed by atoms with E-state index < -0.39 is 5.66 Å². The van der Waals surface area contributed by atoms with Crippen LogP contribution in [0, 0.1) is 5.41 Å². The molecule has 0 aromatic heterocycles. The molecular formula is C18H32N2. The number of benzene rings is 1. The summed E-state index contributed by atoms with van der Waals surface area (Å²) in [5.41, 5.74) is 13.3. The van der Waals surface area contributed by atoms with Crippen LogP contribution in [0.5, 0.6) is 0 Å². The van der Waals surface area contributed by atoms with E-state index in [9.17, 15) is 0 Å². The highest BCUT2D eigenvalue weighted by Crippen LogP contribution is 2.23. The minimum atomic E-state index is -0.674. The van der Waals surface area contributed by atoms with Crippen LogP contribution < -0.4 is 11.5 Å². The Labute approximate surface area is 124 Å². The lowest BCUT2D eigenvalue weighted by Crippen LogP contribution is -2.45. The summed E-state index contributed by atoms with van der Waals surface area (Å²) in [6.45, 7) is 6.93. The van der Waals surface area contributed by atoms with E-state index in [0.29, 0.717) is 5.41 Å². The Morgan fingerprint density at radius 1 is 0.750 bits per heavy atom. The molecule has 0 saturated heterocycles. The highest BCUT2D eigenvalue weighted by Gasteiger charge is 2.20. The Morgan fingerprint density at radius 2 is 1.25 bits per heavy atom. The molecule has 0 aliphatic rings. The number of rotatable bonds is 8. The molecule has 1 rings (SSSR count). The molecule has 0 unspecified atom stereocenters. The second kappa shape index (κ2) is 7.80. The van der Waals surface area contributed by atoms with Crippen molar-refractivity contribution in [2.75, 3.05) is 0 Å². The van der Waals surface area contributed by atoms with Crippen molar-refractivity contribution in [1.82, 2.24) is 0 Å². The molecule has 0 atom stereocenters. The first-order valence-corrected chi connectivity index (χ1v) is 7.95. The third kappa shape index (κ3) is 7.06. The van der Waals surface area contributed by atoms with E-state index in [1.165, 1.54) is 32.1 Å². The van der Waals surface area contributed by atoms with Crippen molar-refractivity contribution in [2.45, 2.75) is 71.4 Å². The number of hydrogen-bond acceptors (Lipinski definition) is 2. The molecular weight excluding hydrogens is 244 g/mol. The minimum absolute atomic E-state index is 0.469. The molecule has 0 fully saturated rings. The first kappa shape index (κ1) is 17.2. The van der Waals surface area contributed by atoms with Gasteiger partial charge in [-0.05, 0) is 30.2 Å². The molecule has 0 amide bonds. The zero-order valence-corrected chi connectivity index (χ0v) is 13.5. The van der Waals surface area contributed by atoms with Gasteiger partial charge >= 0.3 is 0 Å². The van der Waals surface area contributed by atoms with Gasteiger partial charge in [-0.3, -0.25) is 0 Å². The van der Waals surface area contributed by atoms with Gasteiger partial charge in [0.1, 0.15) is 0 Å². The number of nitrogens with two attached hydrogens (primary N) is 2. The van der Waals surface area contributed by atoms with E-state index in [1.54, 1.807) is 0 Å². The van der Waals surface area contributed by atoms with Crippen LogP contribution in [0.2, 0.25) is 0 Å². The van der Waals surface area contributed by atoms with Crippen LogP contribution in [-0.4, -0.2) is 0 Å². The van der Waals surface area contributed by atoms with Crippen LogP contribution in [0.1, 0.15) is 71.3 Å². The van der Waals surface area contributed by atoms with Gasteiger partial charge in [0.05, 0.1) is 5.66 Å². The molecule has 2 nitrogen and oxygen atoms in total. The second-order valence-electron chi connectivity index (χ2n) is 7.23. The predicted octanol–water partition coefficient (Wildman–Crippen LogP) is 4.53. The lowest BCUT2D eigenvalue weighted by molar-refractivity contribution is 0.353. The fourth-order valence-electron chi connectivity index (χ4n) is 2.50. The largest absolute Gasteiger partial charge is 0.310 e. The summed E-state index contributed by atoms with van der Waals surface area (Å²) < 4.78 is 0. The van der Waals surface area contributed by atoms with E-state index >= 15 is 0 Å². The molecule has 0 spiro atoms. The van der Waals surface area contributed by atoms with Gasteiger partial charge in [-0.2, -0.15) is 0 Å². The van der Waals surface area contributed by atoms with E-state index in [4.69, 9.17) is 11.5 Å². The van der Waals surface area contributed by atoms with Crippen molar-refractivity contribution in [3.05, 3.63) is 35.9 Å². The summed E-state index contributed by atoms with van der Waals surface area (Å²) >= 11 is 0. The second-order valence-corrected chi connectivity index (χ2v) is 7.23. The van der Waals surface area contributed by atoms with Gasteiger partial charge in [0.25, 0.3) is 0 Å². The van der Waals surface area contributed by atoms with E-state index in [2.05, 4.69) is 20.8 Å². The van der Waals surface area contributed by atoms with Crippen molar-refractivity contribution in [1.29, 1.82) is 0 Å². The summed E-state index contributed by atoms with van der Waals surface area (Å²) in [5.74, 6) is 0. The maximum absolute atomic E-state index is 6.21. The van der Waals surface area contributed by atoms with Crippen molar-refractivity contribution >= 4 is 0 Å². The minimum Gasteiger partial charge on any atom is -0.310 e. The third-order valence-electron chi connectivity index (χ3n) is 3.83. The zero-order valence-electron chi connectivity index (χ0n) is 13.5. The van der Waals surface area contributed by atoms with Gasteiger partial charge in [0.15, 0.2) is 0 Å². The molecule has 1 aromatic carbocycles. The average molecular weight is 276 g/mol. The van der Waals surface area contributed by atoms with E-state index in [-0.39, 0.29) is 0 Å². The molecule has 20 heavy (non-hydrogen) atoms. The van der Waals surface area contributed by atoms with Crippen molar-refractivity contribution in [2.24, 2.45) is 16.9 Å². The molecule has 0 saturated carbocycles. The number of unbranched alkanes of at least 4 members (excludes halogenated alkanes) is 4. The monoisotopic (exact) mass is 276 g/mol. The third-order valence-corrected chi connectivity index (χ3v) is 3.83. The average Bonchev–Trinajstić information content (AvgIpc) is 2.37. The van der Waals surface area contributed by atoms with Gasteiger partial charge in [-0.1, -0.05) is 76.8 Å². The van der Waals surface area contributed by atoms with Gasteiger partial charge < -0.3 is 11.5 Å². The predicted molar refractivity (Wildman–Crippen MR) is 88.3 cm³/mol. The summed E-state index contributed by atoms with van der Waals surface area (Å²) in [4.78, 5) is 0. The van der Waals surface area contributed by atoms with Crippen LogP contribution in [0.15, 0.2) is 30.3 Å². The molecule has 0 aliphatic heterocycles. The summed E-state index contributed by atoms with van der Waals surface area (Å²) in [6.07, 6.45) is 8.46. The molecule has 114 valence electrons. The topological polar surface area (TPSA) is 52.0 Å². The first-order chi connectivity index (χ1) is 9.31. The maximum atomic E-state index is 6.21. The van der Waals surface area contributed by atoms with Crippen LogP contribution in [0.25, 0.3) is 0 Å². The molecule has 0 bridgehead atoms. The normalized spacial score (nSPS) is 12.7. The van der Waals surface area contributed by atoms with Gasteiger partial charge in [0, 0.05) is 0 Å². The fraction of sp³-hybridized carbons (Fsp3) is 0.667. The molecule has 0 heterocycles. The van der Waals surface area contributed by atoms with Crippen molar-refractivity contribution < 1.29 is 0 Å². The molecule has 2 heteroatoms. The summed E-state index contributed by atoms with van der Waals surface area (Å²) in [7, 11) is 0. The summed E-state index contributed by atoms with van der Waals surface area (Å²) in [5, 5.41) is 0. The van der Waals surface area contributed by atoms with E-state index in [0.717, 1.165) is 18.4 Å². The van der Waals surface area contributed by atoms with Crippen LogP contribution >= 0.6 is 0 Å². The smallest absolute Gasteiger partial charge is 0.0899 e. The quantitative estimate of drug-likeness (QED) is 0.541. The fourth-order valence-corrected chi connectivity index (χ4v) is 2.50. The highest BCUT2D eigenvalue weighted by atomic mass is 14.9. The lowest BCUT2D eigenvalue weighted by Gasteiger charge is -2.25. The van der Waals surface area contributed by atoms with Crippen molar-refractivity contribution in [3.8, 4) is 0 Å². The van der Waals surface area contributed by atoms with E-state index in [1.807, 2.05) is 30.3 Å². The van der Waals surface area contributed by atoms with Gasteiger partial charge in [-0.25, -0.2) is 0 Å². The molecule has 4 N–H and O–H groups in total. The van der Waals surface area contributed by atoms with Crippen LogP contribution in [0.3, 0.4) is 0 Å². The molecule has 0 radical (unpaired) electrons. The highest BCUT2D eigenvalue weighted by molar-refractivity contribution is 5.22. The van der Waals surface area contributed by atoms with Gasteiger partial charge in [-0.15, -0.1) is 0 Å². The number of hydrogen-bond donors (Lipinski definition) is 2. The Morgan fingerprint density at radius 3 is 1.80 bits per heavy atom. The van der Waals surface area contributed by atoms with Crippen LogP contribution in [0.4, 0.5) is 0 Å². The SMILES string of the molecule is CC(C)(C)CCCCCCCC(N)(N)c1ccccc1. The lowest BCUT2D eigenvalue weighted by atomic mass is 9.89. The van der Waals surface area contributed by atoms with Gasteiger partial charge in [0.2, 0.25) is 0 Å². The Kier molecular flexibility index (Phi) is 6.70. The summed E-state index contributed by atoms with van der Waals surface area (Å²) in [6, 6.07) is 10.0. The first-order valence-electron chi connectivity index (χ1n) is 7.95. The Bertz CT molecular complexity index is 363. The van der Waals surface area contributed by atoms with Crippen LogP contribution in [-0.2, 0) is 5.66 Å². The Balaban J connectivity index is 2.15. The zero-order chi connectivity index (χ0) is 15.1. The standard InChI is InChI=1S/C18H32N2/c1-17(2,3)14-10-5-4-6-11-15-18(19,20)16-12-8-7-9-13-16/h7-9,12-13H,4-6,10-11,14-15,19-20H2,1-3H3. The maximum Gasteiger partial charge on any atom is 0.0899 e. The molecule has 0 aliphatic carbocycles. The molecule has 1 aromatic rings. The Hall–Kier alpha value is -0.860. The van der Waals surface area contributed by atoms with Crippen molar-refractivity contribution in [3.63, 3.8) is 0 Å².